The summed E-state index contributed by atoms with van der Waals surface area (Å²) in [5.41, 5.74) is 2.27. The number of methoxy groups -OCH3 is 1. The smallest absolute Gasteiger partial charge is 0.118 e. The third kappa shape index (κ3) is 2.39. The molecule has 1 aromatic heterocycles. The van der Waals surface area contributed by atoms with E-state index in [1.165, 1.54) is 5.56 Å². The summed E-state index contributed by atoms with van der Waals surface area (Å²) in [5, 5.41) is 10.5. The standard InChI is InChI=1S/C12H15N3O/c1-9(7-11-8-13-15-14-11)10-3-5-12(16-2)6-4-10/h3-6,8-9H,7H2,1-2H3,(H,13,14,15). The van der Waals surface area contributed by atoms with E-state index in [4.69, 9.17) is 4.74 Å². The van der Waals surface area contributed by atoms with Crippen LogP contribution in [0.3, 0.4) is 0 Å². The maximum absolute atomic E-state index is 5.13. The van der Waals surface area contributed by atoms with Crippen LogP contribution in [0.1, 0.15) is 24.1 Å². The minimum atomic E-state index is 0.427. The molecule has 4 nitrogen and oxygen atoms in total. The molecule has 16 heavy (non-hydrogen) atoms. The molecule has 1 N–H and O–H groups in total. The van der Waals surface area contributed by atoms with Gasteiger partial charge in [0.25, 0.3) is 0 Å². The topological polar surface area (TPSA) is 50.8 Å². The minimum absolute atomic E-state index is 0.427. The summed E-state index contributed by atoms with van der Waals surface area (Å²) in [4.78, 5) is 0. The quantitative estimate of drug-likeness (QED) is 0.853. The molecule has 0 fully saturated rings. The van der Waals surface area contributed by atoms with Crippen molar-refractivity contribution in [1.29, 1.82) is 0 Å². The van der Waals surface area contributed by atoms with E-state index in [0.29, 0.717) is 5.92 Å². The van der Waals surface area contributed by atoms with Crippen LogP contribution in [-0.4, -0.2) is 22.5 Å². The highest BCUT2D eigenvalue weighted by Crippen LogP contribution is 2.21. The Morgan fingerprint density at radius 1 is 1.31 bits per heavy atom. The molecule has 0 aliphatic heterocycles. The lowest BCUT2D eigenvalue weighted by molar-refractivity contribution is 0.414. The fourth-order valence-electron chi connectivity index (χ4n) is 1.69. The first kappa shape index (κ1) is 10.7. The molecule has 0 radical (unpaired) electrons. The van der Waals surface area contributed by atoms with E-state index in [-0.39, 0.29) is 0 Å². The molecule has 1 aromatic carbocycles. The highest BCUT2D eigenvalue weighted by atomic mass is 16.5. The van der Waals surface area contributed by atoms with Crippen molar-refractivity contribution in [3.05, 3.63) is 41.7 Å². The van der Waals surface area contributed by atoms with Crippen LogP contribution in [0.25, 0.3) is 0 Å². The fraction of sp³-hybridized carbons (Fsp3) is 0.333. The lowest BCUT2D eigenvalue weighted by Crippen LogP contribution is -1.99. The van der Waals surface area contributed by atoms with Gasteiger partial charge < -0.3 is 4.74 Å². The molecular formula is C12H15N3O. The second-order valence-electron chi connectivity index (χ2n) is 3.84. The Morgan fingerprint density at radius 2 is 2.06 bits per heavy atom. The molecule has 2 rings (SSSR count). The number of aromatic amines is 1. The third-order valence-corrected chi connectivity index (χ3v) is 2.67. The summed E-state index contributed by atoms with van der Waals surface area (Å²) < 4.78 is 5.13. The molecule has 0 saturated carbocycles. The molecule has 0 bridgehead atoms. The first-order valence-corrected chi connectivity index (χ1v) is 5.28. The lowest BCUT2D eigenvalue weighted by atomic mass is 9.96. The molecular weight excluding hydrogens is 202 g/mol. The van der Waals surface area contributed by atoms with Crippen molar-refractivity contribution >= 4 is 0 Å². The zero-order valence-corrected chi connectivity index (χ0v) is 9.47. The number of aromatic nitrogens is 3. The molecule has 0 aliphatic carbocycles. The van der Waals surface area contributed by atoms with Gasteiger partial charge in [0.2, 0.25) is 0 Å². The van der Waals surface area contributed by atoms with Gasteiger partial charge in [-0.3, -0.25) is 0 Å². The maximum atomic E-state index is 5.13. The van der Waals surface area contributed by atoms with E-state index < -0.39 is 0 Å². The normalized spacial score (nSPS) is 12.4. The van der Waals surface area contributed by atoms with Crippen molar-refractivity contribution in [2.45, 2.75) is 19.3 Å². The lowest BCUT2D eigenvalue weighted by Gasteiger charge is -2.10. The van der Waals surface area contributed by atoms with Crippen LogP contribution in [0.4, 0.5) is 0 Å². The Morgan fingerprint density at radius 3 is 2.62 bits per heavy atom. The van der Waals surface area contributed by atoms with E-state index in [1.807, 2.05) is 12.1 Å². The molecule has 0 saturated heterocycles. The van der Waals surface area contributed by atoms with Gasteiger partial charge in [-0.15, -0.1) is 0 Å². The predicted molar refractivity (Wildman–Crippen MR) is 61.5 cm³/mol. The second-order valence-corrected chi connectivity index (χ2v) is 3.84. The van der Waals surface area contributed by atoms with Crippen LogP contribution in [0, 0.1) is 0 Å². The van der Waals surface area contributed by atoms with E-state index >= 15 is 0 Å². The van der Waals surface area contributed by atoms with E-state index in [0.717, 1.165) is 17.9 Å². The van der Waals surface area contributed by atoms with Gasteiger partial charge in [-0.1, -0.05) is 19.1 Å². The van der Waals surface area contributed by atoms with Gasteiger partial charge in [-0.2, -0.15) is 15.4 Å². The summed E-state index contributed by atoms with van der Waals surface area (Å²) in [6.07, 6.45) is 2.66. The van der Waals surface area contributed by atoms with Crippen molar-refractivity contribution in [2.24, 2.45) is 0 Å². The van der Waals surface area contributed by atoms with Crippen LogP contribution < -0.4 is 4.74 Å². The van der Waals surface area contributed by atoms with Gasteiger partial charge in [0, 0.05) is 0 Å². The Balaban J connectivity index is 2.05. The molecule has 2 aromatic rings. The minimum Gasteiger partial charge on any atom is -0.497 e. The van der Waals surface area contributed by atoms with Gasteiger partial charge >= 0.3 is 0 Å². The fourth-order valence-corrected chi connectivity index (χ4v) is 1.69. The Bertz CT molecular complexity index is 422. The van der Waals surface area contributed by atoms with Crippen molar-refractivity contribution < 1.29 is 4.74 Å². The molecule has 84 valence electrons. The van der Waals surface area contributed by atoms with Gasteiger partial charge in [0.05, 0.1) is 19.0 Å². The molecule has 0 spiro atoms. The Labute approximate surface area is 94.6 Å². The van der Waals surface area contributed by atoms with E-state index in [9.17, 15) is 0 Å². The number of benzene rings is 1. The molecule has 0 amide bonds. The zero-order valence-electron chi connectivity index (χ0n) is 9.47. The summed E-state index contributed by atoms with van der Waals surface area (Å²) in [6.45, 7) is 2.18. The molecule has 4 heteroatoms. The van der Waals surface area contributed by atoms with Crippen LogP contribution in [0.2, 0.25) is 0 Å². The first-order chi connectivity index (χ1) is 7.79. The number of hydrogen-bond acceptors (Lipinski definition) is 3. The zero-order chi connectivity index (χ0) is 11.4. The highest BCUT2D eigenvalue weighted by molar-refractivity contribution is 5.29. The third-order valence-electron chi connectivity index (χ3n) is 2.67. The molecule has 1 atom stereocenters. The van der Waals surface area contributed by atoms with Crippen LogP contribution >= 0.6 is 0 Å². The van der Waals surface area contributed by atoms with Crippen molar-refractivity contribution in [1.82, 2.24) is 15.4 Å². The summed E-state index contributed by atoms with van der Waals surface area (Å²) >= 11 is 0. The van der Waals surface area contributed by atoms with E-state index in [1.54, 1.807) is 13.3 Å². The number of ether oxygens (including phenoxy) is 1. The Kier molecular flexibility index (Phi) is 3.19. The highest BCUT2D eigenvalue weighted by Gasteiger charge is 2.08. The van der Waals surface area contributed by atoms with Crippen molar-refractivity contribution in [2.75, 3.05) is 7.11 Å². The number of nitrogens with one attached hydrogen (secondary N) is 1. The van der Waals surface area contributed by atoms with Crippen molar-refractivity contribution in [3.8, 4) is 5.75 Å². The molecule has 1 unspecified atom stereocenters. The van der Waals surface area contributed by atoms with Gasteiger partial charge in [0.1, 0.15) is 5.75 Å². The van der Waals surface area contributed by atoms with Crippen LogP contribution in [-0.2, 0) is 6.42 Å². The summed E-state index contributed by atoms with van der Waals surface area (Å²) in [6, 6.07) is 8.14. The van der Waals surface area contributed by atoms with Crippen LogP contribution in [0.5, 0.6) is 5.75 Å². The summed E-state index contributed by atoms with van der Waals surface area (Å²) in [7, 11) is 1.67. The Hall–Kier alpha value is -1.84. The van der Waals surface area contributed by atoms with Gasteiger partial charge in [-0.25, -0.2) is 0 Å². The predicted octanol–water partition coefficient (Wildman–Crippen LogP) is 2.16. The monoisotopic (exact) mass is 217 g/mol. The van der Waals surface area contributed by atoms with E-state index in [2.05, 4.69) is 34.5 Å². The van der Waals surface area contributed by atoms with Gasteiger partial charge in [-0.05, 0) is 30.0 Å². The average Bonchev–Trinajstić information content (AvgIpc) is 2.82. The number of nitrogens with zero attached hydrogens (tertiary/aromatic N) is 2. The molecule has 0 aliphatic rings. The number of rotatable bonds is 4. The molecule has 1 heterocycles. The van der Waals surface area contributed by atoms with Crippen LogP contribution in [0.15, 0.2) is 30.5 Å². The SMILES string of the molecule is COc1ccc(C(C)Cc2cn[nH]n2)cc1. The van der Waals surface area contributed by atoms with Gasteiger partial charge in [0.15, 0.2) is 0 Å². The maximum Gasteiger partial charge on any atom is 0.118 e. The van der Waals surface area contributed by atoms with Crippen molar-refractivity contribution in [3.63, 3.8) is 0 Å². The first-order valence-electron chi connectivity index (χ1n) is 5.28. The average molecular weight is 217 g/mol. The number of hydrogen-bond donors (Lipinski definition) is 1. The number of H-pyrrole nitrogens is 1. The second kappa shape index (κ2) is 4.79. The largest absolute Gasteiger partial charge is 0.497 e. The summed E-state index contributed by atoms with van der Waals surface area (Å²) in [5.74, 6) is 1.31.